The Labute approximate surface area is 131 Å². The molecule has 0 aromatic rings. The van der Waals surface area contributed by atoms with Crippen molar-refractivity contribution < 1.29 is 5.11 Å². The highest BCUT2D eigenvalue weighted by atomic mass is 16.3. The summed E-state index contributed by atoms with van der Waals surface area (Å²) in [6.45, 7) is 1.24. The summed E-state index contributed by atoms with van der Waals surface area (Å²) in [5.74, 6) is 2.83. The molecule has 2 atom stereocenters. The van der Waals surface area contributed by atoms with E-state index < -0.39 is 0 Å². The number of aliphatic hydroxyl groups is 1. The molecule has 0 amide bonds. The fourth-order valence-corrected chi connectivity index (χ4v) is 5.32. The first-order chi connectivity index (χ1) is 10.3. The first-order valence-corrected chi connectivity index (χ1v) is 9.74. The van der Waals surface area contributed by atoms with Crippen LogP contribution >= 0.6 is 0 Å². The van der Waals surface area contributed by atoms with Crippen LogP contribution in [0.3, 0.4) is 0 Å². The number of nitrogens with one attached hydrogen (secondary N) is 1. The standard InChI is InChI=1S/C19H35NO/c21-18-11-9-16(10-12-18)19(15-6-2-1-3-7-15)14-17-8-4-5-13-20-17/h15-21H,1-14H2/t16?,17?,18?,19-/m0/s1. The van der Waals surface area contributed by atoms with Crippen LogP contribution in [-0.4, -0.2) is 23.8 Å². The van der Waals surface area contributed by atoms with Crippen molar-refractivity contribution in [2.45, 2.75) is 95.6 Å². The van der Waals surface area contributed by atoms with E-state index in [0.29, 0.717) is 0 Å². The SMILES string of the molecule is OC1CCC([C@@H](CC2CCCCN2)C2CCCCC2)CC1. The first-order valence-electron chi connectivity index (χ1n) is 9.74. The number of piperidine rings is 1. The molecule has 3 fully saturated rings. The van der Waals surface area contributed by atoms with Crippen LogP contribution in [0, 0.1) is 17.8 Å². The third kappa shape index (κ3) is 4.45. The van der Waals surface area contributed by atoms with Gasteiger partial charge in [-0.25, -0.2) is 0 Å². The summed E-state index contributed by atoms with van der Waals surface area (Å²) in [5, 5.41) is 13.6. The van der Waals surface area contributed by atoms with E-state index in [1.54, 1.807) is 0 Å². The van der Waals surface area contributed by atoms with Crippen LogP contribution in [0.5, 0.6) is 0 Å². The first kappa shape index (κ1) is 15.8. The zero-order chi connectivity index (χ0) is 14.5. The summed E-state index contributed by atoms with van der Waals surface area (Å²) in [6.07, 6.45) is 17.7. The Balaban J connectivity index is 1.61. The average Bonchev–Trinajstić information content (AvgIpc) is 2.55. The zero-order valence-corrected chi connectivity index (χ0v) is 13.7. The van der Waals surface area contributed by atoms with E-state index in [1.807, 2.05) is 0 Å². The van der Waals surface area contributed by atoms with Crippen LogP contribution in [-0.2, 0) is 0 Å². The molecule has 1 unspecified atom stereocenters. The highest BCUT2D eigenvalue weighted by Crippen LogP contribution is 2.42. The van der Waals surface area contributed by atoms with E-state index in [4.69, 9.17) is 0 Å². The summed E-state index contributed by atoms with van der Waals surface area (Å²) < 4.78 is 0. The van der Waals surface area contributed by atoms with E-state index in [1.165, 1.54) is 77.2 Å². The van der Waals surface area contributed by atoms with Crippen molar-refractivity contribution in [3.05, 3.63) is 0 Å². The van der Waals surface area contributed by atoms with Gasteiger partial charge in [0.05, 0.1) is 6.10 Å². The Bertz CT molecular complexity index is 286. The topological polar surface area (TPSA) is 32.3 Å². The Hall–Kier alpha value is -0.0800. The van der Waals surface area contributed by atoms with Crippen molar-refractivity contribution in [2.75, 3.05) is 6.54 Å². The van der Waals surface area contributed by atoms with Crippen molar-refractivity contribution >= 4 is 0 Å². The number of hydrogen-bond acceptors (Lipinski definition) is 2. The molecule has 1 aliphatic heterocycles. The summed E-state index contributed by atoms with van der Waals surface area (Å²) in [6, 6.07) is 0.789. The van der Waals surface area contributed by atoms with Crippen molar-refractivity contribution in [2.24, 2.45) is 17.8 Å². The molecular formula is C19H35NO. The highest BCUT2D eigenvalue weighted by molar-refractivity contribution is 4.87. The molecule has 0 bridgehead atoms. The lowest BCUT2D eigenvalue weighted by Crippen LogP contribution is -2.39. The van der Waals surface area contributed by atoms with Crippen LogP contribution in [0.15, 0.2) is 0 Å². The maximum atomic E-state index is 9.83. The molecule has 2 heteroatoms. The molecule has 21 heavy (non-hydrogen) atoms. The number of aliphatic hydroxyl groups excluding tert-OH is 1. The minimum absolute atomic E-state index is 0.000983. The second kappa shape index (κ2) is 7.97. The van der Waals surface area contributed by atoms with Gasteiger partial charge >= 0.3 is 0 Å². The molecule has 2 N–H and O–H groups in total. The molecule has 3 aliphatic rings. The Morgan fingerprint density at radius 3 is 2.10 bits per heavy atom. The summed E-state index contributed by atoms with van der Waals surface area (Å²) >= 11 is 0. The molecule has 1 saturated heterocycles. The van der Waals surface area contributed by atoms with Gasteiger partial charge in [-0.3, -0.25) is 0 Å². The minimum Gasteiger partial charge on any atom is -0.393 e. The monoisotopic (exact) mass is 293 g/mol. The van der Waals surface area contributed by atoms with Gasteiger partial charge in [0.15, 0.2) is 0 Å². The number of hydrogen-bond donors (Lipinski definition) is 2. The molecule has 122 valence electrons. The minimum atomic E-state index is 0.000983. The van der Waals surface area contributed by atoms with Gasteiger partial charge in [-0.05, 0) is 69.2 Å². The maximum absolute atomic E-state index is 9.83. The molecule has 2 aliphatic carbocycles. The third-order valence-corrected chi connectivity index (χ3v) is 6.57. The van der Waals surface area contributed by atoms with E-state index in [9.17, 15) is 5.11 Å². The molecule has 0 aromatic carbocycles. The zero-order valence-electron chi connectivity index (χ0n) is 13.7. The summed E-state index contributed by atoms with van der Waals surface area (Å²) in [4.78, 5) is 0. The predicted molar refractivity (Wildman–Crippen MR) is 88.3 cm³/mol. The van der Waals surface area contributed by atoms with Crippen molar-refractivity contribution in [3.8, 4) is 0 Å². The smallest absolute Gasteiger partial charge is 0.0540 e. The third-order valence-electron chi connectivity index (χ3n) is 6.57. The second-order valence-corrected chi connectivity index (χ2v) is 8.01. The molecule has 0 spiro atoms. The van der Waals surface area contributed by atoms with Gasteiger partial charge in [-0.1, -0.05) is 38.5 Å². The lowest BCUT2D eigenvalue weighted by atomic mass is 9.67. The summed E-state index contributed by atoms with van der Waals surface area (Å²) in [7, 11) is 0. The molecular weight excluding hydrogens is 258 g/mol. The maximum Gasteiger partial charge on any atom is 0.0540 e. The Kier molecular flexibility index (Phi) is 5.99. The Morgan fingerprint density at radius 2 is 1.43 bits per heavy atom. The van der Waals surface area contributed by atoms with Crippen molar-refractivity contribution in [3.63, 3.8) is 0 Å². The van der Waals surface area contributed by atoms with E-state index in [-0.39, 0.29) is 6.10 Å². The fraction of sp³-hybridized carbons (Fsp3) is 1.00. The van der Waals surface area contributed by atoms with Gasteiger partial charge in [0.2, 0.25) is 0 Å². The molecule has 0 aromatic heterocycles. The highest BCUT2D eigenvalue weighted by Gasteiger charge is 2.34. The number of rotatable bonds is 4. The van der Waals surface area contributed by atoms with Crippen LogP contribution in [0.1, 0.15) is 83.5 Å². The molecule has 1 heterocycles. The van der Waals surface area contributed by atoms with Crippen LogP contribution in [0.4, 0.5) is 0 Å². The van der Waals surface area contributed by atoms with Crippen LogP contribution < -0.4 is 5.32 Å². The van der Waals surface area contributed by atoms with E-state index >= 15 is 0 Å². The summed E-state index contributed by atoms with van der Waals surface area (Å²) in [5.41, 5.74) is 0. The average molecular weight is 293 g/mol. The molecule has 3 rings (SSSR count). The van der Waals surface area contributed by atoms with Gasteiger partial charge < -0.3 is 10.4 Å². The lowest BCUT2D eigenvalue weighted by Gasteiger charge is -2.41. The van der Waals surface area contributed by atoms with Gasteiger partial charge in [0.25, 0.3) is 0 Å². The van der Waals surface area contributed by atoms with Crippen molar-refractivity contribution in [1.82, 2.24) is 5.32 Å². The van der Waals surface area contributed by atoms with Crippen LogP contribution in [0.2, 0.25) is 0 Å². The van der Waals surface area contributed by atoms with Gasteiger partial charge in [0.1, 0.15) is 0 Å². The molecule has 0 radical (unpaired) electrons. The van der Waals surface area contributed by atoms with Gasteiger partial charge in [0, 0.05) is 6.04 Å². The lowest BCUT2D eigenvalue weighted by molar-refractivity contribution is 0.0597. The van der Waals surface area contributed by atoms with Crippen LogP contribution in [0.25, 0.3) is 0 Å². The largest absolute Gasteiger partial charge is 0.393 e. The normalized spacial score (nSPS) is 37.3. The van der Waals surface area contributed by atoms with E-state index in [0.717, 1.165) is 36.6 Å². The van der Waals surface area contributed by atoms with E-state index in [2.05, 4.69) is 5.32 Å². The quantitative estimate of drug-likeness (QED) is 0.811. The van der Waals surface area contributed by atoms with Gasteiger partial charge in [-0.15, -0.1) is 0 Å². The molecule has 2 saturated carbocycles. The Morgan fingerprint density at radius 1 is 0.762 bits per heavy atom. The van der Waals surface area contributed by atoms with Crippen molar-refractivity contribution in [1.29, 1.82) is 0 Å². The predicted octanol–water partition coefficient (Wildman–Crippen LogP) is 4.27. The van der Waals surface area contributed by atoms with Gasteiger partial charge in [-0.2, -0.15) is 0 Å². The second-order valence-electron chi connectivity index (χ2n) is 8.01. The fourth-order valence-electron chi connectivity index (χ4n) is 5.32. The molecule has 2 nitrogen and oxygen atoms in total.